The number of hydrogen-bond acceptors (Lipinski definition) is 4. The van der Waals surface area contributed by atoms with Gasteiger partial charge in [0.1, 0.15) is 0 Å². The number of rotatable bonds is 12. The Morgan fingerprint density at radius 2 is 2.11 bits per heavy atom. The van der Waals surface area contributed by atoms with Gasteiger partial charge in [-0.2, -0.15) is 0 Å². The summed E-state index contributed by atoms with van der Waals surface area (Å²) in [6.07, 6.45) is 7.62. The number of methoxy groups -OCH3 is 1. The molecule has 27 heavy (non-hydrogen) atoms. The van der Waals surface area contributed by atoms with Gasteiger partial charge >= 0.3 is 0 Å². The largest absolute Gasteiger partial charge is 0.383 e. The number of guanidine groups is 1. The third kappa shape index (κ3) is 8.93. The average Bonchev–Trinajstić information content (AvgIpc) is 3.51. The van der Waals surface area contributed by atoms with Crippen LogP contribution in [0.5, 0.6) is 0 Å². The van der Waals surface area contributed by atoms with Crippen molar-refractivity contribution in [3.8, 4) is 0 Å². The molecule has 0 aromatic rings. The third-order valence-electron chi connectivity index (χ3n) is 5.21. The van der Waals surface area contributed by atoms with Crippen molar-refractivity contribution in [1.29, 1.82) is 0 Å². The average molecular weight is 382 g/mol. The van der Waals surface area contributed by atoms with Crippen molar-refractivity contribution in [3.63, 3.8) is 0 Å². The second-order valence-corrected chi connectivity index (χ2v) is 7.49. The van der Waals surface area contributed by atoms with E-state index in [2.05, 4.69) is 27.4 Å². The summed E-state index contributed by atoms with van der Waals surface area (Å²) in [6, 6.07) is 0.743. The van der Waals surface area contributed by atoms with Gasteiger partial charge < -0.3 is 20.3 Å². The van der Waals surface area contributed by atoms with E-state index in [4.69, 9.17) is 4.74 Å². The van der Waals surface area contributed by atoms with Crippen LogP contribution in [-0.4, -0.2) is 87.2 Å². The van der Waals surface area contributed by atoms with E-state index in [-0.39, 0.29) is 0 Å². The number of carbonyl (C=O) groups is 1. The van der Waals surface area contributed by atoms with E-state index in [0.29, 0.717) is 12.3 Å². The Morgan fingerprint density at radius 1 is 1.26 bits per heavy atom. The SMILES string of the molecule is CCNC(=NCCCN1CCCCCC1=O)NCCN(CCOC)C1CC1. The summed E-state index contributed by atoms with van der Waals surface area (Å²) < 4.78 is 5.22. The molecule has 0 bridgehead atoms. The molecule has 1 heterocycles. The number of ether oxygens (including phenoxy) is 1. The molecular formula is C20H39N5O2. The molecule has 1 saturated carbocycles. The maximum absolute atomic E-state index is 12.0. The fraction of sp³-hybridized carbons (Fsp3) is 0.900. The molecule has 0 aromatic carbocycles. The highest BCUT2D eigenvalue weighted by Crippen LogP contribution is 2.25. The maximum Gasteiger partial charge on any atom is 0.222 e. The molecule has 2 N–H and O–H groups in total. The van der Waals surface area contributed by atoms with Crippen LogP contribution >= 0.6 is 0 Å². The van der Waals surface area contributed by atoms with Gasteiger partial charge in [0.25, 0.3) is 0 Å². The molecule has 1 amide bonds. The summed E-state index contributed by atoms with van der Waals surface area (Å²) in [6.45, 7) is 9.12. The maximum atomic E-state index is 12.0. The van der Waals surface area contributed by atoms with Gasteiger partial charge in [-0.25, -0.2) is 0 Å². The van der Waals surface area contributed by atoms with Crippen LogP contribution in [0.1, 0.15) is 51.9 Å². The molecular weight excluding hydrogens is 342 g/mol. The van der Waals surface area contributed by atoms with Crippen LogP contribution in [0.4, 0.5) is 0 Å². The molecule has 0 radical (unpaired) electrons. The van der Waals surface area contributed by atoms with Gasteiger partial charge in [-0.15, -0.1) is 0 Å². The zero-order valence-corrected chi connectivity index (χ0v) is 17.3. The molecule has 1 aliphatic carbocycles. The van der Waals surface area contributed by atoms with Crippen LogP contribution in [0.25, 0.3) is 0 Å². The van der Waals surface area contributed by atoms with E-state index in [1.54, 1.807) is 7.11 Å². The molecule has 0 atom stereocenters. The molecule has 2 aliphatic rings. The third-order valence-corrected chi connectivity index (χ3v) is 5.21. The van der Waals surface area contributed by atoms with Crippen LogP contribution in [0, 0.1) is 0 Å². The van der Waals surface area contributed by atoms with Gasteiger partial charge in [0.2, 0.25) is 5.91 Å². The summed E-state index contributed by atoms with van der Waals surface area (Å²) >= 11 is 0. The lowest BCUT2D eigenvalue weighted by atomic mass is 10.2. The predicted molar refractivity (Wildman–Crippen MR) is 110 cm³/mol. The highest BCUT2D eigenvalue weighted by atomic mass is 16.5. The molecule has 2 rings (SSSR count). The van der Waals surface area contributed by atoms with E-state index >= 15 is 0 Å². The number of carbonyl (C=O) groups excluding carboxylic acids is 1. The van der Waals surface area contributed by atoms with E-state index in [1.807, 2.05) is 4.90 Å². The van der Waals surface area contributed by atoms with Crippen molar-refractivity contribution in [2.24, 2.45) is 4.99 Å². The first-order valence-corrected chi connectivity index (χ1v) is 10.8. The van der Waals surface area contributed by atoms with Gasteiger partial charge in [0, 0.05) is 65.4 Å². The summed E-state index contributed by atoms with van der Waals surface area (Å²) in [5, 5.41) is 6.76. The van der Waals surface area contributed by atoms with Crippen LogP contribution in [0.2, 0.25) is 0 Å². The molecule has 7 nitrogen and oxygen atoms in total. The van der Waals surface area contributed by atoms with Gasteiger partial charge in [-0.3, -0.25) is 14.7 Å². The molecule has 0 aromatic heterocycles. The Balaban J connectivity index is 1.67. The van der Waals surface area contributed by atoms with Gasteiger partial charge in [-0.05, 0) is 39.0 Å². The van der Waals surface area contributed by atoms with E-state index in [1.165, 1.54) is 19.3 Å². The second-order valence-electron chi connectivity index (χ2n) is 7.49. The van der Waals surface area contributed by atoms with Crippen molar-refractivity contribution < 1.29 is 9.53 Å². The molecule has 0 unspecified atom stereocenters. The monoisotopic (exact) mass is 381 g/mol. The molecule has 7 heteroatoms. The number of likely N-dealkylation sites (tertiary alicyclic amines) is 1. The quantitative estimate of drug-likeness (QED) is 0.304. The first kappa shape index (κ1) is 22.0. The zero-order valence-electron chi connectivity index (χ0n) is 17.3. The minimum absolute atomic E-state index is 0.317. The summed E-state index contributed by atoms with van der Waals surface area (Å²) in [5.74, 6) is 1.19. The Morgan fingerprint density at radius 3 is 2.85 bits per heavy atom. The molecule has 1 aliphatic heterocycles. The Labute approximate surface area is 164 Å². The highest BCUT2D eigenvalue weighted by Gasteiger charge is 2.28. The minimum Gasteiger partial charge on any atom is -0.383 e. The lowest BCUT2D eigenvalue weighted by molar-refractivity contribution is -0.130. The molecule has 1 saturated heterocycles. The predicted octanol–water partition coefficient (Wildman–Crippen LogP) is 1.45. The lowest BCUT2D eigenvalue weighted by Gasteiger charge is -2.22. The molecule has 156 valence electrons. The first-order valence-electron chi connectivity index (χ1n) is 10.8. The standard InChI is InChI=1S/C20H39N5O2/c1-3-21-20(23-12-15-24(16-17-27-2)18-9-10-18)22-11-7-14-25-13-6-4-5-8-19(25)26/h18H,3-17H2,1-2H3,(H2,21,22,23). The number of aliphatic imine (C=N–C) groups is 1. The highest BCUT2D eigenvalue weighted by molar-refractivity contribution is 5.79. The minimum atomic E-state index is 0.317. The smallest absolute Gasteiger partial charge is 0.222 e. The van der Waals surface area contributed by atoms with E-state index < -0.39 is 0 Å². The van der Waals surface area contributed by atoms with Gasteiger partial charge in [-0.1, -0.05) is 6.42 Å². The lowest BCUT2D eigenvalue weighted by Crippen LogP contribution is -2.43. The Bertz CT molecular complexity index is 454. The number of nitrogens with one attached hydrogen (secondary N) is 2. The van der Waals surface area contributed by atoms with Crippen molar-refractivity contribution in [2.45, 2.75) is 57.9 Å². The number of nitrogens with zero attached hydrogens (tertiary/aromatic N) is 3. The fourth-order valence-electron chi connectivity index (χ4n) is 3.51. The van der Waals surface area contributed by atoms with Crippen LogP contribution < -0.4 is 10.6 Å². The van der Waals surface area contributed by atoms with E-state index in [9.17, 15) is 4.79 Å². The molecule has 0 spiro atoms. The Hall–Kier alpha value is -1.34. The second kappa shape index (κ2) is 12.9. The van der Waals surface area contributed by atoms with Crippen LogP contribution in [0.15, 0.2) is 4.99 Å². The van der Waals surface area contributed by atoms with Crippen molar-refractivity contribution >= 4 is 11.9 Å². The van der Waals surface area contributed by atoms with E-state index in [0.717, 1.165) is 83.7 Å². The first-order chi connectivity index (χ1) is 13.2. The summed E-state index contributed by atoms with van der Waals surface area (Å²) in [4.78, 5) is 21.2. The zero-order chi connectivity index (χ0) is 19.3. The summed E-state index contributed by atoms with van der Waals surface area (Å²) in [7, 11) is 1.76. The van der Waals surface area contributed by atoms with Crippen molar-refractivity contribution in [1.82, 2.24) is 20.4 Å². The fourth-order valence-corrected chi connectivity index (χ4v) is 3.51. The normalized spacial score (nSPS) is 18.7. The molecule has 2 fully saturated rings. The Kier molecular flexibility index (Phi) is 10.5. The van der Waals surface area contributed by atoms with Crippen molar-refractivity contribution in [3.05, 3.63) is 0 Å². The number of hydrogen-bond donors (Lipinski definition) is 2. The summed E-state index contributed by atoms with van der Waals surface area (Å²) in [5.41, 5.74) is 0. The van der Waals surface area contributed by atoms with Gasteiger partial charge in [0.15, 0.2) is 5.96 Å². The topological polar surface area (TPSA) is 69.2 Å². The number of amides is 1. The van der Waals surface area contributed by atoms with Gasteiger partial charge in [0.05, 0.1) is 6.61 Å². The van der Waals surface area contributed by atoms with Crippen molar-refractivity contribution in [2.75, 3.05) is 59.5 Å². The van der Waals surface area contributed by atoms with Crippen LogP contribution in [0.3, 0.4) is 0 Å². The van der Waals surface area contributed by atoms with Crippen LogP contribution in [-0.2, 0) is 9.53 Å².